The molecule has 1 aliphatic carbocycles. The third kappa shape index (κ3) is 5.06. The molecule has 3 unspecified atom stereocenters. The van der Waals surface area contributed by atoms with Crippen molar-refractivity contribution in [2.24, 2.45) is 17.8 Å². The molecule has 0 aliphatic heterocycles. The minimum absolute atomic E-state index is 0.0821. The molecule has 0 bridgehead atoms. The first-order chi connectivity index (χ1) is 11.4. The van der Waals surface area contributed by atoms with E-state index in [9.17, 15) is 9.59 Å². The van der Waals surface area contributed by atoms with Crippen molar-refractivity contribution in [1.82, 2.24) is 0 Å². The van der Waals surface area contributed by atoms with Gasteiger partial charge in [0, 0.05) is 0 Å². The lowest BCUT2D eigenvalue weighted by Crippen LogP contribution is -2.36. The van der Waals surface area contributed by atoms with E-state index >= 15 is 0 Å². The topological polar surface area (TPSA) is 72.8 Å². The molecule has 5 nitrogen and oxygen atoms in total. The van der Waals surface area contributed by atoms with Crippen LogP contribution in [0, 0.1) is 17.8 Å². The second kappa shape index (κ2) is 8.29. The van der Waals surface area contributed by atoms with Crippen LogP contribution in [-0.4, -0.2) is 29.8 Å². The molecule has 1 saturated carbocycles. The number of carboxylic acids is 1. The highest BCUT2D eigenvalue weighted by molar-refractivity contribution is 5.87. The zero-order valence-electron chi connectivity index (χ0n) is 14.5. The summed E-state index contributed by atoms with van der Waals surface area (Å²) in [4.78, 5) is 22.8. The van der Waals surface area contributed by atoms with Crippen LogP contribution < -0.4 is 4.74 Å². The van der Waals surface area contributed by atoms with Crippen LogP contribution in [-0.2, 0) is 9.53 Å². The summed E-state index contributed by atoms with van der Waals surface area (Å²) in [6.07, 6.45) is 3.41. The van der Waals surface area contributed by atoms with E-state index in [4.69, 9.17) is 14.6 Å². The number of hydrogen-bond donors (Lipinski definition) is 1. The zero-order valence-corrected chi connectivity index (χ0v) is 14.5. The highest BCUT2D eigenvalue weighted by Gasteiger charge is 2.31. The first kappa shape index (κ1) is 18.5. The number of rotatable bonds is 6. The van der Waals surface area contributed by atoms with Gasteiger partial charge in [-0.3, -0.25) is 0 Å². The van der Waals surface area contributed by atoms with E-state index in [0.717, 1.165) is 12.8 Å². The lowest BCUT2D eigenvalue weighted by molar-refractivity contribution is -0.145. The van der Waals surface area contributed by atoms with Crippen molar-refractivity contribution in [2.45, 2.75) is 46.1 Å². The number of carboxylic acid groups (broad SMARTS) is 1. The zero-order chi connectivity index (χ0) is 17.7. The molecule has 0 radical (unpaired) electrons. The third-order valence-electron chi connectivity index (χ3n) is 4.71. The van der Waals surface area contributed by atoms with Gasteiger partial charge in [0.25, 0.3) is 0 Å². The average Bonchev–Trinajstić information content (AvgIpc) is 2.53. The summed E-state index contributed by atoms with van der Waals surface area (Å²) >= 11 is 0. The van der Waals surface area contributed by atoms with Gasteiger partial charge < -0.3 is 14.6 Å². The Morgan fingerprint density at radius 1 is 1.21 bits per heavy atom. The van der Waals surface area contributed by atoms with Crippen molar-refractivity contribution in [3.05, 3.63) is 29.8 Å². The molecule has 1 aromatic carbocycles. The van der Waals surface area contributed by atoms with E-state index in [1.54, 1.807) is 0 Å². The fourth-order valence-corrected chi connectivity index (χ4v) is 3.31. The van der Waals surface area contributed by atoms with Crippen molar-refractivity contribution in [3.8, 4) is 5.75 Å². The van der Waals surface area contributed by atoms with Gasteiger partial charge in [0.1, 0.15) is 12.4 Å². The van der Waals surface area contributed by atoms with Crippen molar-refractivity contribution in [3.63, 3.8) is 0 Å². The van der Waals surface area contributed by atoms with Crippen LogP contribution in [0.15, 0.2) is 24.3 Å². The Hall–Kier alpha value is -1.88. The van der Waals surface area contributed by atoms with E-state index in [1.165, 1.54) is 30.7 Å². The van der Waals surface area contributed by atoms with Crippen LogP contribution in [0.4, 0.5) is 0 Å². The standard InChI is InChI=1S/C19H26O5/c1-12(2)16-9-4-13(3)10-17(16)23-11-18(20)24-15-7-5-14(6-8-15)19(21)22/h5-8,12-13,16-17H,4,9-11H2,1-3H3,(H,21,22). The van der Waals surface area contributed by atoms with Gasteiger partial charge in [-0.15, -0.1) is 0 Å². The molecule has 0 amide bonds. The molecule has 2 rings (SSSR count). The Labute approximate surface area is 143 Å². The molecule has 1 fully saturated rings. The predicted octanol–water partition coefficient (Wildman–Crippen LogP) is 3.77. The quantitative estimate of drug-likeness (QED) is 0.633. The number of carbonyl (C=O) groups is 2. The normalized spacial score (nSPS) is 23.9. The summed E-state index contributed by atoms with van der Waals surface area (Å²) in [7, 11) is 0. The summed E-state index contributed by atoms with van der Waals surface area (Å²) in [6, 6.07) is 5.76. The van der Waals surface area contributed by atoms with Crippen molar-refractivity contribution >= 4 is 11.9 Å². The Balaban J connectivity index is 1.86. The summed E-state index contributed by atoms with van der Waals surface area (Å²) in [5, 5.41) is 8.85. The summed E-state index contributed by atoms with van der Waals surface area (Å²) in [6.45, 7) is 6.52. The fourth-order valence-electron chi connectivity index (χ4n) is 3.31. The Bertz CT molecular complexity index is 564. The highest BCUT2D eigenvalue weighted by atomic mass is 16.6. The molecular weight excluding hydrogens is 308 g/mol. The third-order valence-corrected chi connectivity index (χ3v) is 4.71. The first-order valence-electron chi connectivity index (χ1n) is 8.52. The fraction of sp³-hybridized carbons (Fsp3) is 0.579. The van der Waals surface area contributed by atoms with Crippen molar-refractivity contribution in [1.29, 1.82) is 0 Å². The van der Waals surface area contributed by atoms with Crippen LogP contribution in [0.2, 0.25) is 0 Å². The lowest BCUT2D eigenvalue weighted by atomic mass is 9.75. The molecule has 3 atom stereocenters. The summed E-state index contributed by atoms with van der Waals surface area (Å²) in [5.74, 6) is 0.475. The highest BCUT2D eigenvalue weighted by Crippen LogP contribution is 2.35. The molecule has 0 aromatic heterocycles. The second-order valence-electron chi connectivity index (χ2n) is 6.98. The van der Waals surface area contributed by atoms with Gasteiger partial charge in [0.05, 0.1) is 11.7 Å². The van der Waals surface area contributed by atoms with E-state index < -0.39 is 11.9 Å². The van der Waals surface area contributed by atoms with E-state index in [0.29, 0.717) is 23.5 Å². The number of hydrogen-bond acceptors (Lipinski definition) is 4. The van der Waals surface area contributed by atoms with Crippen LogP contribution in [0.1, 0.15) is 50.4 Å². The van der Waals surface area contributed by atoms with Crippen molar-refractivity contribution < 1.29 is 24.2 Å². The molecular formula is C19H26O5. The number of carbonyl (C=O) groups excluding carboxylic acids is 1. The first-order valence-corrected chi connectivity index (χ1v) is 8.52. The van der Waals surface area contributed by atoms with Gasteiger partial charge in [-0.2, -0.15) is 0 Å². The van der Waals surface area contributed by atoms with Crippen LogP contribution >= 0.6 is 0 Å². The van der Waals surface area contributed by atoms with Crippen LogP contribution in [0.5, 0.6) is 5.75 Å². The van der Waals surface area contributed by atoms with Crippen molar-refractivity contribution in [2.75, 3.05) is 6.61 Å². The number of ether oxygens (including phenoxy) is 2. The largest absolute Gasteiger partial charge is 0.478 e. The maximum Gasteiger partial charge on any atom is 0.337 e. The SMILES string of the molecule is CC1CCC(C(C)C)C(OCC(=O)Oc2ccc(C(=O)O)cc2)C1. The smallest absolute Gasteiger partial charge is 0.337 e. The van der Waals surface area contributed by atoms with Gasteiger partial charge >= 0.3 is 11.9 Å². The van der Waals surface area contributed by atoms with Crippen LogP contribution in [0.25, 0.3) is 0 Å². The van der Waals surface area contributed by atoms with Gasteiger partial charge in [-0.25, -0.2) is 9.59 Å². The molecule has 24 heavy (non-hydrogen) atoms. The molecule has 5 heteroatoms. The molecule has 1 N–H and O–H groups in total. The van der Waals surface area contributed by atoms with Gasteiger partial charge in [-0.1, -0.05) is 27.2 Å². The molecule has 0 spiro atoms. The second-order valence-corrected chi connectivity index (χ2v) is 6.98. The molecule has 0 heterocycles. The Morgan fingerprint density at radius 2 is 1.88 bits per heavy atom. The molecule has 0 saturated heterocycles. The molecule has 1 aromatic rings. The lowest BCUT2D eigenvalue weighted by Gasteiger charge is -2.36. The monoisotopic (exact) mass is 334 g/mol. The average molecular weight is 334 g/mol. The minimum Gasteiger partial charge on any atom is -0.478 e. The Morgan fingerprint density at radius 3 is 2.46 bits per heavy atom. The van der Waals surface area contributed by atoms with Gasteiger partial charge in [0.15, 0.2) is 0 Å². The maximum absolute atomic E-state index is 12.0. The predicted molar refractivity (Wildman–Crippen MR) is 90.1 cm³/mol. The Kier molecular flexibility index (Phi) is 6.37. The van der Waals surface area contributed by atoms with E-state index in [2.05, 4.69) is 20.8 Å². The van der Waals surface area contributed by atoms with Crippen LogP contribution in [0.3, 0.4) is 0 Å². The molecule has 1 aliphatic rings. The van der Waals surface area contributed by atoms with E-state index in [1.807, 2.05) is 0 Å². The molecule has 132 valence electrons. The summed E-state index contributed by atoms with van der Waals surface area (Å²) in [5.41, 5.74) is 0.155. The van der Waals surface area contributed by atoms with E-state index in [-0.39, 0.29) is 18.3 Å². The van der Waals surface area contributed by atoms with Gasteiger partial charge in [-0.05, 0) is 54.9 Å². The minimum atomic E-state index is -1.01. The number of esters is 1. The van der Waals surface area contributed by atoms with Gasteiger partial charge in [0.2, 0.25) is 0 Å². The number of aromatic carboxylic acids is 1. The maximum atomic E-state index is 12.0. The number of benzene rings is 1. The summed E-state index contributed by atoms with van der Waals surface area (Å²) < 4.78 is 11.1.